The van der Waals surface area contributed by atoms with Crippen molar-refractivity contribution in [1.82, 2.24) is 9.80 Å². The summed E-state index contributed by atoms with van der Waals surface area (Å²) in [7, 11) is 0. The maximum Gasteiger partial charge on any atom is 0.253 e. The molecule has 1 N–H and O–H groups in total. The normalized spacial score (nSPS) is 17.3. The molecule has 1 amide bonds. The van der Waals surface area contributed by atoms with Gasteiger partial charge in [-0.1, -0.05) is 19.1 Å². The van der Waals surface area contributed by atoms with Crippen LogP contribution in [0.5, 0.6) is 0 Å². The molecule has 1 fully saturated rings. The molecule has 2 rings (SSSR count). The molecule has 1 heterocycles. The van der Waals surface area contributed by atoms with E-state index in [-0.39, 0.29) is 5.91 Å². The lowest BCUT2D eigenvalue weighted by atomic mass is 9.96. The highest BCUT2D eigenvalue weighted by Gasteiger charge is 2.23. The second-order valence-corrected chi connectivity index (χ2v) is 5.87. The maximum absolute atomic E-state index is 12.5. The maximum atomic E-state index is 12.5. The van der Waals surface area contributed by atoms with E-state index in [1.165, 1.54) is 0 Å². The van der Waals surface area contributed by atoms with Crippen molar-refractivity contribution in [3.63, 3.8) is 0 Å². The van der Waals surface area contributed by atoms with E-state index in [2.05, 4.69) is 11.8 Å². The fourth-order valence-corrected chi connectivity index (χ4v) is 2.48. The Bertz CT molecular complexity index is 472. The van der Waals surface area contributed by atoms with Crippen molar-refractivity contribution < 1.29 is 9.90 Å². The number of rotatable bonds is 3. The molecule has 20 heavy (non-hydrogen) atoms. The van der Waals surface area contributed by atoms with Crippen LogP contribution in [-0.2, 0) is 5.60 Å². The summed E-state index contributed by atoms with van der Waals surface area (Å²) in [6, 6.07) is 7.31. The van der Waals surface area contributed by atoms with Crippen LogP contribution in [-0.4, -0.2) is 53.5 Å². The van der Waals surface area contributed by atoms with E-state index in [9.17, 15) is 9.90 Å². The molecule has 1 aliphatic rings. The molecule has 0 saturated carbocycles. The zero-order valence-electron chi connectivity index (χ0n) is 12.6. The molecule has 0 bridgehead atoms. The Hall–Kier alpha value is -1.39. The summed E-state index contributed by atoms with van der Waals surface area (Å²) in [4.78, 5) is 16.7. The number of carbonyl (C=O) groups is 1. The van der Waals surface area contributed by atoms with Gasteiger partial charge in [0.1, 0.15) is 0 Å². The summed E-state index contributed by atoms with van der Waals surface area (Å²) < 4.78 is 0. The van der Waals surface area contributed by atoms with E-state index < -0.39 is 5.60 Å². The van der Waals surface area contributed by atoms with E-state index >= 15 is 0 Å². The van der Waals surface area contributed by atoms with E-state index in [0.717, 1.165) is 38.3 Å². The summed E-state index contributed by atoms with van der Waals surface area (Å²) >= 11 is 0. The molecule has 0 atom stereocenters. The minimum Gasteiger partial charge on any atom is -0.386 e. The van der Waals surface area contributed by atoms with Gasteiger partial charge in [-0.05, 0) is 38.1 Å². The molecule has 4 heteroatoms. The lowest BCUT2D eigenvalue weighted by Gasteiger charge is -2.34. The summed E-state index contributed by atoms with van der Waals surface area (Å²) in [5.74, 6) is 0.0619. The van der Waals surface area contributed by atoms with Crippen LogP contribution >= 0.6 is 0 Å². The minimum absolute atomic E-state index is 0.0619. The van der Waals surface area contributed by atoms with Crippen molar-refractivity contribution in [3.8, 4) is 0 Å². The molecule has 0 aliphatic carbocycles. The van der Waals surface area contributed by atoms with Crippen molar-refractivity contribution in [2.75, 3.05) is 32.7 Å². The van der Waals surface area contributed by atoms with Crippen LogP contribution in [0.4, 0.5) is 0 Å². The third-order valence-electron chi connectivity index (χ3n) is 3.92. The third kappa shape index (κ3) is 3.38. The average Bonchev–Trinajstić information content (AvgIpc) is 2.46. The van der Waals surface area contributed by atoms with Crippen molar-refractivity contribution >= 4 is 5.91 Å². The zero-order valence-corrected chi connectivity index (χ0v) is 12.6. The first-order valence-corrected chi connectivity index (χ1v) is 7.26. The molecule has 1 aromatic rings. The molecule has 0 aromatic heterocycles. The molecule has 4 nitrogen and oxygen atoms in total. The van der Waals surface area contributed by atoms with Crippen LogP contribution in [0.15, 0.2) is 24.3 Å². The molecule has 1 aromatic carbocycles. The van der Waals surface area contributed by atoms with Crippen LogP contribution in [0.1, 0.15) is 36.7 Å². The molecular formula is C16H24N2O2. The highest BCUT2D eigenvalue weighted by atomic mass is 16.3. The smallest absolute Gasteiger partial charge is 0.253 e. The Labute approximate surface area is 121 Å². The first-order chi connectivity index (χ1) is 9.41. The Morgan fingerprint density at radius 3 is 2.45 bits per heavy atom. The number of carbonyl (C=O) groups excluding carboxylic acids is 1. The van der Waals surface area contributed by atoms with E-state index in [0.29, 0.717) is 5.56 Å². The predicted octanol–water partition coefficient (Wildman–Crippen LogP) is 1.69. The lowest BCUT2D eigenvalue weighted by Crippen LogP contribution is -2.48. The number of likely N-dealkylation sites (N-methyl/N-ethyl adjacent to an activating group) is 1. The van der Waals surface area contributed by atoms with Crippen molar-refractivity contribution in [2.24, 2.45) is 0 Å². The Kier molecular flexibility index (Phi) is 4.45. The SMILES string of the molecule is CCN1CCN(C(=O)c2cccc(C(C)(C)O)c2)CC1. The second-order valence-electron chi connectivity index (χ2n) is 5.87. The molecule has 1 saturated heterocycles. The summed E-state index contributed by atoms with van der Waals surface area (Å²) in [6.45, 7) is 10.1. The molecule has 0 unspecified atom stereocenters. The lowest BCUT2D eigenvalue weighted by molar-refractivity contribution is 0.0641. The molecule has 0 radical (unpaired) electrons. The highest BCUT2D eigenvalue weighted by molar-refractivity contribution is 5.94. The van der Waals surface area contributed by atoms with Gasteiger partial charge >= 0.3 is 0 Å². The van der Waals surface area contributed by atoms with Gasteiger partial charge in [0.05, 0.1) is 5.60 Å². The average molecular weight is 276 g/mol. The van der Waals surface area contributed by atoms with E-state index in [1.54, 1.807) is 19.9 Å². The summed E-state index contributed by atoms with van der Waals surface area (Å²) in [6.07, 6.45) is 0. The fraction of sp³-hybridized carbons (Fsp3) is 0.562. The van der Waals surface area contributed by atoms with Crippen molar-refractivity contribution in [2.45, 2.75) is 26.4 Å². The summed E-state index contributed by atoms with van der Waals surface area (Å²) in [5.41, 5.74) is 0.516. The largest absolute Gasteiger partial charge is 0.386 e. The monoisotopic (exact) mass is 276 g/mol. The molecule has 0 spiro atoms. The first-order valence-electron chi connectivity index (χ1n) is 7.26. The van der Waals surface area contributed by atoms with Crippen LogP contribution < -0.4 is 0 Å². The number of amides is 1. The molecular weight excluding hydrogens is 252 g/mol. The molecule has 110 valence electrons. The standard InChI is InChI=1S/C16H24N2O2/c1-4-17-8-10-18(11-9-17)15(19)13-6-5-7-14(12-13)16(2,3)20/h5-7,12,20H,4,8-11H2,1-3H3. The third-order valence-corrected chi connectivity index (χ3v) is 3.92. The van der Waals surface area contributed by atoms with Gasteiger partial charge < -0.3 is 14.9 Å². The second kappa shape index (κ2) is 5.94. The summed E-state index contributed by atoms with van der Waals surface area (Å²) in [5, 5.41) is 10.0. The van der Waals surface area contributed by atoms with Crippen molar-refractivity contribution in [1.29, 1.82) is 0 Å². The van der Waals surface area contributed by atoms with Crippen LogP contribution in [0.3, 0.4) is 0 Å². The number of benzene rings is 1. The van der Waals surface area contributed by atoms with Gasteiger partial charge in [-0.3, -0.25) is 4.79 Å². The van der Waals surface area contributed by atoms with Gasteiger partial charge in [0.15, 0.2) is 0 Å². The number of aliphatic hydroxyl groups is 1. The highest BCUT2D eigenvalue weighted by Crippen LogP contribution is 2.21. The van der Waals surface area contributed by atoms with Gasteiger partial charge in [-0.2, -0.15) is 0 Å². The van der Waals surface area contributed by atoms with Crippen LogP contribution in [0.2, 0.25) is 0 Å². The van der Waals surface area contributed by atoms with E-state index in [1.807, 2.05) is 23.1 Å². The van der Waals surface area contributed by atoms with Gasteiger partial charge in [-0.25, -0.2) is 0 Å². The minimum atomic E-state index is -0.919. The Morgan fingerprint density at radius 1 is 1.25 bits per heavy atom. The Morgan fingerprint density at radius 2 is 1.90 bits per heavy atom. The van der Waals surface area contributed by atoms with E-state index in [4.69, 9.17) is 0 Å². The number of nitrogens with zero attached hydrogens (tertiary/aromatic N) is 2. The number of hydrogen-bond donors (Lipinski definition) is 1. The van der Waals surface area contributed by atoms with Gasteiger partial charge in [0, 0.05) is 31.7 Å². The molecule has 1 aliphatic heterocycles. The predicted molar refractivity (Wildman–Crippen MR) is 79.7 cm³/mol. The van der Waals surface area contributed by atoms with Gasteiger partial charge in [0.2, 0.25) is 0 Å². The number of piperazine rings is 1. The fourth-order valence-electron chi connectivity index (χ4n) is 2.48. The van der Waals surface area contributed by atoms with Crippen LogP contribution in [0, 0.1) is 0 Å². The van der Waals surface area contributed by atoms with Gasteiger partial charge in [-0.15, -0.1) is 0 Å². The Balaban J connectivity index is 2.10. The van der Waals surface area contributed by atoms with Gasteiger partial charge in [0.25, 0.3) is 5.91 Å². The first kappa shape index (κ1) is 15.0. The quantitative estimate of drug-likeness (QED) is 0.913. The topological polar surface area (TPSA) is 43.8 Å². The zero-order chi connectivity index (χ0) is 14.8. The van der Waals surface area contributed by atoms with Crippen molar-refractivity contribution in [3.05, 3.63) is 35.4 Å². The number of hydrogen-bond acceptors (Lipinski definition) is 3. The van der Waals surface area contributed by atoms with Crippen LogP contribution in [0.25, 0.3) is 0 Å².